The van der Waals surface area contributed by atoms with E-state index in [1.54, 1.807) is 0 Å². The maximum Gasteiger partial charge on any atom is 0.0991 e. The van der Waals surface area contributed by atoms with Crippen molar-refractivity contribution in [1.82, 2.24) is 10.2 Å². The van der Waals surface area contributed by atoms with Crippen molar-refractivity contribution in [3.63, 3.8) is 0 Å². The molecule has 1 N–H and O–H groups in total. The van der Waals surface area contributed by atoms with Gasteiger partial charge in [-0.15, -0.1) is 0 Å². The Morgan fingerprint density at radius 2 is 1.90 bits per heavy atom. The lowest BCUT2D eigenvalue weighted by Gasteiger charge is -2.31. The Labute approximate surface area is 129 Å². The van der Waals surface area contributed by atoms with E-state index in [0.29, 0.717) is 0 Å². The molecule has 0 radical (unpaired) electrons. The summed E-state index contributed by atoms with van der Waals surface area (Å²) < 4.78 is 0. The summed E-state index contributed by atoms with van der Waals surface area (Å²) in [5.41, 5.74) is 1.97. The van der Waals surface area contributed by atoms with E-state index in [1.807, 2.05) is 24.3 Å². The molecule has 0 saturated heterocycles. The van der Waals surface area contributed by atoms with Crippen LogP contribution in [0.2, 0.25) is 0 Å². The average molecular weight is 285 g/mol. The van der Waals surface area contributed by atoms with Crippen molar-refractivity contribution in [2.75, 3.05) is 20.1 Å². The van der Waals surface area contributed by atoms with E-state index in [0.717, 1.165) is 24.7 Å². The molecule has 0 aromatic heterocycles. The van der Waals surface area contributed by atoms with Crippen LogP contribution in [0.15, 0.2) is 24.3 Å². The summed E-state index contributed by atoms with van der Waals surface area (Å²) in [6, 6.07) is 10.8. The fourth-order valence-electron chi connectivity index (χ4n) is 3.09. The fraction of sp³-hybridized carbons (Fsp3) is 0.611. The molecule has 2 rings (SSSR count). The van der Waals surface area contributed by atoms with Crippen LogP contribution in [0.5, 0.6) is 0 Å². The van der Waals surface area contributed by atoms with Crippen molar-refractivity contribution in [1.29, 1.82) is 5.26 Å². The van der Waals surface area contributed by atoms with Gasteiger partial charge in [0, 0.05) is 12.6 Å². The van der Waals surface area contributed by atoms with E-state index in [2.05, 4.69) is 23.3 Å². The molecular formula is C18H27N3. The van der Waals surface area contributed by atoms with Crippen molar-refractivity contribution in [2.45, 2.75) is 51.1 Å². The average Bonchev–Trinajstić information content (AvgIpc) is 2.55. The summed E-state index contributed by atoms with van der Waals surface area (Å²) in [5, 5.41) is 12.3. The quantitative estimate of drug-likeness (QED) is 0.781. The molecule has 1 aliphatic rings. The highest BCUT2D eigenvalue weighted by Gasteiger charge is 2.16. The third-order valence-electron chi connectivity index (χ3n) is 4.47. The van der Waals surface area contributed by atoms with Crippen LogP contribution in [0.25, 0.3) is 0 Å². The molecule has 1 fully saturated rings. The van der Waals surface area contributed by atoms with Gasteiger partial charge in [0.1, 0.15) is 0 Å². The fourth-order valence-corrected chi connectivity index (χ4v) is 3.09. The molecule has 1 aliphatic carbocycles. The molecule has 0 heterocycles. The molecule has 0 spiro atoms. The second kappa shape index (κ2) is 8.81. The molecular weight excluding hydrogens is 258 g/mol. The summed E-state index contributed by atoms with van der Waals surface area (Å²) in [7, 11) is 2.27. The van der Waals surface area contributed by atoms with Crippen LogP contribution in [0.4, 0.5) is 0 Å². The molecule has 1 aromatic rings. The van der Waals surface area contributed by atoms with Crippen LogP contribution in [-0.4, -0.2) is 31.1 Å². The first-order valence-corrected chi connectivity index (χ1v) is 8.19. The molecule has 0 unspecified atom stereocenters. The standard InChI is InChI=1S/C18H27N3/c1-21(18-6-3-2-4-7-18)13-5-12-20-15-17-10-8-16(14-19)9-11-17/h8-11,18,20H,2-7,12-13,15H2,1H3. The highest BCUT2D eigenvalue weighted by Crippen LogP contribution is 2.21. The van der Waals surface area contributed by atoms with Gasteiger partial charge in [-0.3, -0.25) is 0 Å². The third kappa shape index (κ3) is 5.49. The topological polar surface area (TPSA) is 39.1 Å². The van der Waals surface area contributed by atoms with Crippen LogP contribution in [0, 0.1) is 11.3 Å². The minimum Gasteiger partial charge on any atom is -0.313 e. The van der Waals surface area contributed by atoms with Gasteiger partial charge in [0.15, 0.2) is 0 Å². The van der Waals surface area contributed by atoms with Gasteiger partial charge in [0.05, 0.1) is 11.6 Å². The Hall–Kier alpha value is -1.37. The number of benzene rings is 1. The second-order valence-electron chi connectivity index (χ2n) is 6.11. The van der Waals surface area contributed by atoms with E-state index in [-0.39, 0.29) is 0 Å². The Morgan fingerprint density at radius 1 is 1.19 bits per heavy atom. The molecule has 3 heteroatoms. The molecule has 1 saturated carbocycles. The van der Waals surface area contributed by atoms with Crippen molar-refractivity contribution in [2.24, 2.45) is 0 Å². The smallest absolute Gasteiger partial charge is 0.0991 e. The van der Waals surface area contributed by atoms with E-state index < -0.39 is 0 Å². The Bertz CT molecular complexity index is 441. The number of nitriles is 1. The van der Waals surface area contributed by atoms with E-state index in [4.69, 9.17) is 5.26 Å². The summed E-state index contributed by atoms with van der Waals surface area (Å²) in [4.78, 5) is 2.54. The predicted molar refractivity (Wildman–Crippen MR) is 87.0 cm³/mol. The zero-order chi connectivity index (χ0) is 14.9. The monoisotopic (exact) mass is 285 g/mol. The number of nitrogens with zero attached hydrogens (tertiary/aromatic N) is 2. The van der Waals surface area contributed by atoms with Crippen LogP contribution >= 0.6 is 0 Å². The highest BCUT2D eigenvalue weighted by atomic mass is 15.1. The lowest BCUT2D eigenvalue weighted by molar-refractivity contribution is 0.189. The third-order valence-corrected chi connectivity index (χ3v) is 4.47. The van der Waals surface area contributed by atoms with Crippen molar-refractivity contribution in [3.8, 4) is 6.07 Å². The SMILES string of the molecule is CN(CCCNCc1ccc(C#N)cc1)C1CCCCC1. The summed E-state index contributed by atoms with van der Waals surface area (Å²) in [6.45, 7) is 3.13. The van der Waals surface area contributed by atoms with Gasteiger partial charge in [-0.1, -0.05) is 31.4 Å². The van der Waals surface area contributed by atoms with Gasteiger partial charge in [-0.05, 0) is 57.1 Å². The van der Waals surface area contributed by atoms with Gasteiger partial charge < -0.3 is 10.2 Å². The van der Waals surface area contributed by atoms with Crippen molar-refractivity contribution in [3.05, 3.63) is 35.4 Å². The Balaban J connectivity index is 1.57. The molecule has 3 nitrogen and oxygen atoms in total. The van der Waals surface area contributed by atoms with Gasteiger partial charge in [0.25, 0.3) is 0 Å². The van der Waals surface area contributed by atoms with E-state index in [9.17, 15) is 0 Å². The molecule has 0 atom stereocenters. The molecule has 0 aliphatic heterocycles. The summed E-state index contributed by atoms with van der Waals surface area (Å²) >= 11 is 0. The van der Waals surface area contributed by atoms with Crippen LogP contribution in [0.3, 0.4) is 0 Å². The predicted octanol–water partition coefficient (Wildman–Crippen LogP) is 3.30. The summed E-state index contributed by atoms with van der Waals surface area (Å²) in [5.74, 6) is 0. The lowest BCUT2D eigenvalue weighted by Crippen LogP contribution is -2.35. The van der Waals surface area contributed by atoms with Gasteiger partial charge in [-0.25, -0.2) is 0 Å². The van der Waals surface area contributed by atoms with E-state index >= 15 is 0 Å². The summed E-state index contributed by atoms with van der Waals surface area (Å²) in [6.07, 6.45) is 8.21. The van der Waals surface area contributed by atoms with Gasteiger partial charge >= 0.3 is 0 Å². The van der Waals surface area contributed by atoms with Crippen molar-refractivity contribution < 1.29 is 0 Å². The Kier molecular flexibility index (Phi) is 6.72. The van der Waals surface area contributed by atoms with Crippen LogP contribution in [-0.2, 0) is 6.54 Å². The minimum atomic E-state index is 0.729. The van der Waals surface area contributed by atoms with Gasteiger partial charge in [0.2, 0.25) is 0 Å². The molecule has 114 valence electrons. The number of hydrogen-bond donors (Lipinski definition) is 1. The largest absolute Gasteiger partial charge is 0.313 e. The number of nitrogens with one attached hydrogen (secondary N) is 1. The van der Waals surface area contributed by atoms with Crippen LogP contribution < -0.4 is 5.32 Å². The van der Waals surface area contributed by atoms with Crippen LogP contribution in [0.1, 0.15) is 49.7 Å². The molecule has 1 aromatic carbocycles. The molecule has 0 amide bonds. The highest BCUT2D eigenvalue weighted by molar-refractivity contribution is 5.31. The van der Waals surface area contributed by atoms with E-state index in [1.165, 1.54) is 50.6 Å². The minimum absolute atomic E-state index is 0.729. The number of hydrogen-bond acceptors (Lipinski definition) is 3. The second-order valence-corrected chi connectivity index (χ2v) is 6.11. The lowest BCUT2D eigenvalue weighted by atomic mass is 9.94. The van der Waals surface area contributed by atoms with Crippen molar-refractivity contribution >= 4 is 0 Å². The number of rotatable bonds is 7. The molecule has 21 heavy (non-hydrogen) atoms. The maximum atomic E-state index is 8.76. The zero-order valence-electron chi connectivity index (χ0n) is 13.1. The Morgan fingerprint density at radius 3 is 2.57 bits per heavy atom. The first kappa shape index (κ1) is 16.0. The van der Waals surface area contributed by atoms with Gasteiger partial charge in [-0.2, -0.15) is 5.26 Å². The maximum absolute atomic E-state index is 8.76. The zero-order valence-corrected chi connectivity index (χ0v) is 13.1. The molecule has 0 bridgehead atoms. The normalized spacial score (nSPS) is 16.0. The first-order chi connectivity index (χ1) is 10.3. The first-order valence-electron chi connectivity index (χ1n) is 8.19.